The fraction of sp³-hybridized carbons (Fsp3) is 0.455. The van der Waals surface area contributed by atoms with E-state index in [0.717, 1.165) is 11.0 Å². The van der Waals surface area contributed by atoms with Gasteiger partial charge in [-0.15, -0.1) is 0 Å². The number of halogens is 1. The lowest BCUT2D eigenvalue weighted by molar-refractivity contribution is 0.0572. The van der Waals surface area contributed by atoms with Gasteiger partial charge in [0.2, 0.25) is 0 Å². The summed E-state index contributed by atoms with van der Waals surface area (Å²) in [6.45, 7) is 1.88. The Labute approximate surface area is 97.5 Å². The van der Waals surface area contributed by atoms with E-state index in [1.807, 2.05) is 24.3 Å². The summed E-state index contributed by atoms with van der Waals surface area (Å²) in [5.74, 6) is 0. The molecule has 1 heterocycles. The zero-order valence-corrected chi connectivity index (χ0v) is 9.89. The summed E-state index contributed by atoms with van der Waals surface area (Å²) in [6, 6.07) is 8.08. The van der Waals surface area contributed by atoms with Gasteiger partial charge in [-0.2, -0.15) is 0 Å². The van der Waals surface area contributed by atoms with Gasteiger partial charge in [-0.05, 0) is 17.7 Å². The smallest absolute Gasteiger partial charge is 0.0938 e. The summed E-state index contributed by atoms with van der Waals surface area (Å²) in [5.41, 5.74) is 1.19. The average molecular weight is 272 g/mol. The van der Waals surface area contributed by atoms with Crippen molar-refractivity contribution in [1.82, 2.24) is 4.90 Å². The Morgan fingerprint density at radius 2 is 1.67 bits per heavy atom. The zero-order valence-electron chi connectivity index (χ0n) is 8.31. The minimum Gasteiger partial charge on any atom is -0.389 e. The van der Waals surface area contributed by atoms with Crippen molar-refractivity contribution in [2.45, 2.75) is 18.8 Å². The van der Waals surface area contributed by atoms with Gasteiger partial charge in [-0.25, -0.2) is 0 Å². The number of nitrogens with zero attached hydrogens (tertiary/aromatic N) is 1. The van der Waals surface area contributed by atoms with Gasteiger partial charge in [-0.1, -0.05) is 28.1 Å². The van der Waals surface area contributed by atoms with Crippen molar-refractivity contribution in [3.05, 3.63) is 34.3 Å². The zero-order chi connectivity index (χ0) is 10.8. The van der Waals surface area contributed by atoms with E-state index >= 15 is 0 Å². The minimum absolute atomic E-state index is 0.553. The second-order valence-corrected chi connectivity index (χ2v) is 4.87. The van der Waals surface area contributed by atoms with E-state index in [1.54, 1.807) is 0 Å². The molecule has 15 heavy (non-hydrogen) atoms. The van der Waals surface area contributed by atoms with Crippen LogP contribution in [0.3, 0.4) is 0 Å². The number of benzene rings is 1. The molecule has 0 bridgehead atoms. The Morgan fingerprint density at radius 3 is 2.20 bits per heavy atom. The Kier molecular flexibility index (Phi) is 3.41. The molecule has 1 aromatic carbocycles. The van der Waals surface area contributed by atoms with Crippen LogP contribution >= 0.6 is 15.9 Å². The van der Waals surface area contributed by atoms with Gasteiger partial charge in [0.1, 0.15) is 0 Å². The lowest BCUT2D eigenvalue weighted by Gasteiger charge is -2.14. The molecule has 1 aromatic rings. The van der Waals surface area contributed by atoms with Gasteiger partial charge < -0.3 is 10.2 Å². The molecule has 0 unspecified atom stereocenters. The highest BCUT2D eigenvalue weighted by molar-refractivity contribution is 9.10. The molecule has 2 atom stereocenters. The van der Waals surface area contributed by atoms with E-state index in [9.17, 15) is 10.2 Å². The van der Waals surface area contributed by atoms with Gasteiger partial charge >= 0.3 is 0 Å². The molecule has 1 fully saturated rings. The Balaban J connectivity index is 1.95. The fourth-order valence-electron chi connectivity index (χ4n) is 1.82. The van der Waals surface area contributed by atoms with Gasteiger partial charge in [0.25, 0.3) is 0 Å². The SMILES string of the molecule is O[C@@H]1CN(Cc2ccc(Br)cc2)C[C@@H]1O. The van der Waals surface area contributed by atoms with Crippen molar-refractivity contribution in [2.24, 2.45) is 0 Å². The van der Waals surface area contributed by atoms with Crippen LogP contribution in [0.4, 0.5) is 0 Å². The summed E-state index contributed by atoms with van der Waals surface area (Å²) >= 11 is 3.38. The van der Waals surface area contributed by atoms with Crippen molar-refractivity contribution >= 4 is 15.9 Å². The summed E-state index contributed by atoms with van der Waals surface area (Å²) in [5, 5.41) is 18.8. The number of β-amino-alcohol motifs (C(OH)–C–C–N with tert-alkyl or cyclic N) is 2. The van der Waals surface area contributed by atoms with E-state index in [2.05, 4.69) is 20.8 Å². The standard InChI is InChI=1S/C11H14BrNO2/c12-9-3-1-8(2-4-9)5-13-6-10(14)11(15)7-13/h1-4,10-11,14-15H,5-7H2/t10-,11+. The van der Waals surface area contributed by atoms with Crippen molar-refractivity contribution in [3.8, 4) is 0 Å². The number of aliphatic hydroxyl groups excluding tert-OH is 2. The first-order valence-electron chi connectivity index (χ1n) is 4.98. The van der Waals surface area contributed by atoms with Gasteiger partial charge in [0.15, 0.2) is 0 Å². The molecular weight excluding hydrogens is 258 g/mol. The van der Waals surface area contributed by atoms with Gasteiger partial charge in [0.05, 0.1) is 12.2 Å². The molecule has 0 aromatic heterocycles. The normalized spacial score (nSPS) is 27.1. The molecule has 1 aliphatic heterocycles. The molecule has 0 amide bonds. The maximum Gasteiger partial charge on any atom is 0.0938 e. The maximum absolute atomic E-state index is 9.39. The van der Waals surface area contributed by atoms with Crippen LogP contribution in [0.5, 0.6) is 0 Å². The quantitative estimate of drug-likeness (QED) is 0.843. The van der Waals surface area contributed by atoms with E-state index < -0.39 is 12.2 Å². The summed E-state index contributed by atoms with van der Waals surface area (Å²) < 4.78 is 1.06. The highest BCUT2D eigenvalue weighted by Crippen LogP contribution is 2.16. The lowest BCUT2D eigenvalue weighted by atomic mass is 10.2. The first-order valence-corrected chi connectivity index (χ1v) is 5.77. The Morgan fingerprint density at radius 1 is 1.13 bits per heavy atom. The molecule has 0 aliphatic carbocycles. The maximum atomic E-state index is 9.39. The molecule has 82 valence electrons. The monoisotopic (exact) mass is 271 g/mol. The van der Waals surface area contributed by atoms with Crippen LogP contribution in [0, 0.1) is 0 Å². The van der Waals surface area contributed by atoms with E-state index in [-0.39, 0.29) is 0 Å². The Bertz CT molecular complexity index is 318. The minimum atomic E-state index is -0.597. The van der Waals surface area contributed by atoms with Crippen LogP contribution in [-0.2, 0) is 6.54 Å². The van der Waals surface area contributed by atoms with Gasteiger partial charge in [-0.3, -0.25) is 4.90 Å². The molecule has 1 aliphatic rings. The van der Waals surface area contributed by atoms with Crippen LogP contribution in [0.1, 0.15) is 5.56 Å². The first-order chi connectivity index (χ1) is 7.15. The molecule has 0 saturated carbocycles. The van der Waals surface area contributed by atoms with Crippen LogP contribution < -0.4 is 0 Å². The second kappa shape index (κ2) is 4.61. The third-order valence-corrected chi connectivity index (χ3v) is 3.18. The third-order valence-electron chi connectivity index (χ3n) is 2.65. The van der Waals surface area contributed by atoms with Crippen LogP contribution in [-0.4, -0.2) is 40.4 Å². The summed E-state index contributed by atoms with van der Waals surface area (Å²) in [7, 11) is 0. The highest BCUT2D eigenvalue weighted by atomic mass is 79.9. The molecule has 2 N–H and O–H groups in total. The molecule has 4 heteroatoms. The molecule has 2 rings (SSSR count). The molecule has 1 saturated heterocycles. The molecule has 3 nitrogen and oxygen atoms in total. The lowest BCUT2D eigenvalue weighted by Crippen LogP contribution is -2.22. The number of likely N-dealkylation sites (tertiary alicyclic amines) is 1. The topological polar surface area (TPSA) is 43.7 Å². The number of rotatable bonds is 2. The number of hydrogen-bond acceptors (Lipinski definition) is 3. The fourth-order valence-corrected chi connectivity index (χ4v) is 2.09. The third kappa shape index (κ3) is 2.78. The highest BCUT2D eigenvalue weighted by Gasteiger charge is 2.29. The van der Waals surface area contributed by atoms with E-state index in [0.29, 0.717) is 13.1 Å². The first kappa shape index (κ1) is 11.1. The largest absolute Gasteiger partial charge is 0.389 e. The molecule has 0 spiro atoms. The van der Waals surface area contributed by atoms with Crippen LogP contribution in [0.25, 0.3) is 0 Å². The van der Waals surface area contributed by atoms with Crippen LogP contribution in [0.2, 0.25) is 0 Å². The van der Waals surface area contributed by atoms with Crippen molar-refractivity contribution in [2.75, 3.05) is 13.1 Å². The van der Waals surface area contributed by atoms with Crippen molar-refractivity contribution in [1.29, 1.82) is 0 Å². The second-order valence-electron chi connectivity index (χ2n) is 3.96. The average Bonchev–Trinajstić information content (AvgIpc) is 2.50. The predicted molar refractivity (Wildman–Crippen MR) is 61.4 cm³/mol. The van der Waals surface area contributed by atoms with Crippen LogP contribution in [0.15, 0.2) is 28.7 Å². The summed E-state index contributed by atoms with van der Waals surface area (Å²) in [4.78, 5) is 2.05. The van der Waals surface area contributed by atoms with E-state index in [1.165, 1.54) is 5.56 Å². The molecular formula is C11H14BrNO2. The number of hydrogen-bond donors (Lipinski definition) is 2. The molecule has 0 radical (unpaired) electrons. The van der Waals surface area contributed by atoms with Gasteiger partial charge in [0, 0.05) is 24.1 Å². The predicted octanol–water partition coefficient (Wildman–Crippen LogP) is 0.986. The van der Waals surface area contributed by atoms with Crippen molar-refractivity contribution < 1.29 is 10.2 Å². The van der Waals surface area contributed by atoms with E-state index in [4.69, 9.17) is 0 Å². The number of aliphatic hydroxyl groups is 2. The van der Waals surface area contributed by atoms with Crippen molar-refractivity contribution in [3.63, 3.8) is 0 Å². The summed E-state index contributed by atoms with van der Waals surface area (Å²) in [6.07, 6.45) is -1.19. The Hall–Kier alpha value is -0.420.